The van der Waals surface area contributed by atoms with Crippen LogP contribution in [-0.2, 0) is 0 Å². The first kappa shape index (κ1) is 11.8. The van der Waals surface area contributed by atoms with Gasteiger partial charge in [0.2, 0.25) is 0 Å². The molecular formula is C12H21N3. The first-order valence-electron chi connectivity index (χ1n) is 5.65. The minimum Gasteiger partial charge on any atom is -0.396 e. The summed E-state index contributed by atoms with van der Waals surface area (Å²) in [5, 5.41) is 3.54. The predicted molar refractivity (Wildman–Crippen MR) is 65.9 cm³/mol. The third-order valence-electron chi connectivity index (χ3n) is 3.28. The lowest BCUT2D eigenvalue weighted by Crippen LogP contribution is -2.36. The maximum atomic E-state index is 5.87. The Morgan fingerprint density at radius 2 is 1.87 bits per heavy atom. The Balaban J connectivity index is 2.88. The number of pyridine rings is 1. The van der Waals surface area contributed by atoms with Crippen LogP contribution in [-0.4, -0.2) is 10.5 Å². The molecule has 0 aliphatic carbocycles. The van der Waals surface area contributed by atoms with Gasteiger partial charge in [-0.05, 0) is 25.3 Å². The lowest BCUT2D eigenvalue weighted by Gasteiger charge is -2.33. The maximum Gasteiger partial charge on any atom is 0.0736 e. The summed E-state index contributed by atoms with van der Waals surface area (Å²) in [6.45, 7) is 6.62. The molecule has 15 heavy (non-hydrogen) atoms. The Hall–Kier alpha value is -1.25. The summed E-state index contributed by atoms with van der Waals surface area (Å²) in [6, 6.07) is 1.94. The van der Waals surface area contributed by atoms with Gasteiger partial charge in [0.05, 0.1) is 17.6 Å². The molecule has 1 rings (SSSR count). The average Bonchev–Trinajstić information content (AvgIpc) is 2.29. The molecule has 0 saturated heterocycles. The number of nitrogen functional groups attached to an aromatic ring is 1. The van der Waals surface area contributed by atoms with E-state index in [0.29, 0.717) is 0 Å². The third-order valence-corrected chi connectivity index (χ3v) is 3.28. The van der Waals surface area contributed by atoms with Gasteiger partial charge < -0.3 is 11.1 Å². The van der Waals surface area contributed by atoms with Crippen LogP contribution in [0.3, 0.4) is 0 Å². The van der Waals surface area contributed by atoms with Crippen LogP contribution < -0.4 is 11.1 Å². The van der Waals surface area contributed by atoms with E-state index < -0.39 is 0 Å². The van der Waals surface area contributed by atoms with Crippen molar-refractivity contribution in [1.29, 1.82) is 0 Å². The number of rotatable bonds is 5. The summed E-state index contributed by atoms with van der Waals surface area (Å²) in [4.78, 5) is 3.99. The summed E-state index contributed by atoms with van der Waals surface area (Å²) in [5.41, 5.74) is 7.74. The quantitative estimate of drug-likeness (QED) is 0.780. The standard InChI is InChI=1S/C12H21N3/c1-4-12(5-2,6-3)15-11-7-8-14-9-10(11)13/h7-9H,4-6,13H2,1-3H3,(H,14,15). The van der Waals surface area contributed by atoms with Gasteiger partial charge in [0.1, 0.15) is 0 Å². The summed E-state index contributed by atoms with van der Waals surface area (Å²) in [5.74, 6) is 0. The van der Waals surface area contributed by atoms with Crippen LogP contribution in [0.15, 0.2) is 18.5 Å². The Labute approximate surface area is 92.1 Å². The molecule has 0 aliphatic heterocycles. The number of nitrogens with zero attached hydrogens (tertiary/aromatic N) is 1. The summed E-state index contributed by atoms with van der Waals surface area (Å²) < 4.78 is 0. The second kappa shape index (κ2) is 5.01. The molecule has 0 aromatic carbocycles. The van der Waals surface area contributed by atoms with Crippen LogP contribution in [0.4, 0.5) is 11.4 Å². The van der Waals surface area contributed by atoms with Gasteiger partial charge in [0.15, 0.2) is 0 Å². The largest absolute Gasteiger partial charge is 0.396 e. The van der Waals surface area contributed by atoms with Crippen LogP contribution in [0.5, 0.6) is 0 Å². The molecule has 0 spiro atoms. The van der Waals surface area contributed by atoms with Gasteiger partial charge in [-0.3, -0.25) is 4.98 Å². The zero-order chi connectivity index (χ0) is 11.3. The molecule has 1 heterocycles. The Morgan fingerprint density at radius 3 is 2.33 bits per heavy atom. The molecule has 0 unspecified atom stereocenters. The lowest BCUT2D eigenvalue weighted by molar-refractivity contribution is 0.420. The van der Waals surface area contributed by atoms with E-state index >= 15 is 0 Å². The number of hydrogen-bond donors (Lipinski definition) is 2. The van der Waals surface area contributed by atoms with E-state index in [4.69, 9.17) is 5.73 Å². The van der Waals surface area contributed by atoms with Crippen molar-refractivity contribution in [3.05, 3.63) is 18.5 Å². The van der Waals surface area contributed by atoms with Gasteiger partial charge in [-0.1, -0.05) is 20.8 Å². The monoisotopic (exact) mass is 207 g/mol. The van der Waals surface area contributed by atoms with Gasteiger partial charge >= 0.3 is 0 Å². The zero-order valence-electron chi connectivity index (χ0n) is 9.88. The molecule has 1 aromatic rings. The van der Waals surface area contributed by atoms with Crippen molar-refractivity contribution in [2.45, 2.75) is 45.6 Å². The van der Waals surface area contributed by atoms with Crippen molar-refractivity contribution in [2.24, 2.45) is 0 Å². The molecule has 0 bridgehead atoms. The van der Waals surface area contributed by atoms with Gasteiger partial charge in [-0.2, -0.15) is 0 Å². The van der Waals surface area contributed by atoms with Gasteiger partial charge in [-0.25, -0.2) is 0 Å². The molecule has 0 fully saturated rings. The van der Waals surface area contributed by atoms with Crippen molar-refractivity contribution in [1.82, 2.24) is 4.98 Å². The molecule has 3 heteroatoms. The third kappa shape index (κ3) is 2.61. The van der Waals surface area contributed by atoms with Gasteiger partial charge in [0.25, 0.3) is 0 Å². The van der Waals surface area contributed by atoms with Crippen molar-refractivity contribution in [2.75, 3.05) is 11.1 Å². The summed E-state index contributed by atoms with van der Waals surface area (Å²) >= 11 is 0. The highest BCUT2D eigenvalue weighted by atomic mass is 15.0. The molecular weight excluding hydrogens is 186 g/mol. The van der Waals surface area contributed by atoms with E-state index in [9.17, 15) is 0 Å². The fourth-order valence-corrected chi connectivity index (χ4v) is 1.82. The minimum atomic E-state index is 0.162. The Bertz CT molecular complexity index is 297. The maximum absolute atomic E-state index is 5.87. The minimum absolute atomic E-state index is 0.162. The van der Waals surface area contributed by atoms with E-state index in [1.165, 1.54) is 0 Å². The Morgan fingerprint density at radius 1 is 1.27 bits per heavy atom. The highest BCUT2D eigenvalue weighted by Gasteiger charge is 2.23. The van der Waals surface area contributed by atoms with Crippen LogP contribution in [0, 0.1) is 0 Å². The van der Waals surface area contributed by atoms with Crippen molar-refractivity contribution in [3.8, 4) is 0 Å². The van der Waals surface area contributed by atoms with E-state index in [0.717, 1.165) is 30.6 Å². The lowest BCUT2D eigenvalue weighted by atomic mass is 9.89. The molecule has 0 radical (unpaired) electrons. The highest BCUT2D eigenvalue weighted by Crippen LogP contribution is 2.27. The van der Waals surface area contributed by atoms with E-state index in [2.05, 4.69) is 31.1 Å². The molecule has 0 amide bonds. The smallest absolute Gasteiger partial charge is 0.0736 e. The van der Waals surface area contributed by atoms with E-state index in [-0.39, 0.29) is 5.54 Å². The Kier molecular flexibility index (Phi) is 3.95. The van der Waals surface area contributed by atoms with Crippen LogP contribution in [0.25, 0.3) is 0 Å². The first-order chi connectivity index (χ1) is 7.17. The van der Waals surface area contributed by atoms with Gasteiger partial charge in [-0.15, -0.1) is 0 Å². The van der Waals surface area contributed by atoms with Crippen LogP contribution in [0.2, 0.25) is 0 Å². The zero-order valence-corrected chi connectivity index (χ0v) is 9.88. The highest BCUT2D eigenvalue weighted by molar-refractivity contribution is 5.65. The fourth-order valence-electron chi connectivity index (χ4n) is 1.82. The molecule has 3 nitrogen and oxygen atoms in total. The van der Waals surface area contributed by atoms with Crippen molar-refractivity contribution >= 4 is 11.4 Å². The predicted octanol–water partition coefficient (Wildman–Crippen LogP) is 3.04. The SMILES string of the molecule is CCC(CC)(CC)Nc1ccncc1N. The molecule has 84 valence electrons. The van der Waals surface area contributed by atoms with Crippen molar-refractivity contribution in [3.63, 3.8) is 0 Å². The summed E-state index contributed by atoms with van der Waals surface area (Å²) in [6.07, 6.45) is 6.75. The second-order valence-electron chi connectivity index (χ2n) is 3.93. The van der Waals surface area contributed by atoms with Crippen molar-refractivity contribution < 1.29 is 0 Å². The topological polar surface area (TPSA) is 50.9 Å². The fraction of sp³-hybridized carbons (Fsp3) is 0.583. The van der Waals surface area contributed by atoms with Crippen LogP contribution >= 0.6 is 0 Å². The van der Waals surface area contributed by atoms with E-state index in [1.54, 1.807) is 12.4 Å². The van der Waals surface area contributed by atoms with E-state index in [1.807, 2.05) is 6.07 Å². The average molecular weight is 207 g/mol. The molecule has 0 aliphatic rings. The number of nitrogens with one attached hydrogen (secondary N) is 1. The molecule has 0 saturated carbocycles. The number of nitrogens with two attached hydrogens (primary N) is 1. The van der Waals surface area contributed by atoms with Gasteiger partial charge in [0, 0.05) is 11.7 Å². The first-order valence-corrected chi connectivity index (χ1v) is 5.65. The number of aromatic nitrogens is 1. The summed E-state index contributed by atoms with van der Waals surface area (Å²) in [7, 11) is 0. The normalized spacial score (nSPS) is 11.4. The number of hydrogen-bond acceptors (Lipinski definition) is 3. The molecule has 3 N–H and O–H groups in total. The number of anilines is 2. The molecule has 1 aromatic heterocycles. The second-order valence-corrected chi connectivity index (χ2v) is 3.93. The van der Waals surface area contributed by atoms with Crippen LogP contribution in [0.1, 0.15) is 40.0 Å². The molecule has 0 atom stereocenters.